The maximum absolute atomic E-state index is 12.2. The number of nitrogens with zero attached hydrogens (tertiary/aromatic N) is 2. The van der Waals surface area contributed by atoms with Crippen LogP contribution in [0.2, 0.25) is 10.0 Å². The Kier molecular flexibility index (Phi) is 7.01. The largest absolute Gasteiger partial charge is 0.451 e. The highest BCUT2D eigenvalue weighted by Crippen LogP contribution is 2.12. The van der Waals surface area contributed by atoms with Crippen LogP contribution in [-0.4, -0.2) is 82.9 Å². The molecule has 1 aliphatic rings. The molecule has 3 rings (SSSR count). The van der Waals surface area contributed by atoms with Crippen molar-refractivity contribution in [2.75, 3.05) is 39.4 Å². The normalized spacial score (nSPS) is 13.8. The van der Waals surface area contributed by atoms with Gasteiger partial charge in [0.05, 0.1) is 10.0 Å². The second kappa shape index (κ2) is 9.68. The molecule has 0 atom stereocenters. The molecule has 0 aliphatic carbocycles. The molecule has 2 aromatic rings. The van der Waals surface area contributed by atoms with Gasteiger partial charge in [-0.25, -0.2) is 9.59 Å². The monoisotopic (exact) mass is 456 g/mol. The van der Waals surface area contributed by atoms with Crippen molar-refractivity contribution in [1.82, 2.24) is 19.8 Å². The fourth-order valence-corrected chi connectivity index (χ4v) is 3.10. The highest BCUT2D eigenvalue weighted by molar-refractivity contribution is 6.31. The van der Waals surface area contributed by atoms with Crippen LogP contribution in [-0.2, 0) is 19.1 Å². The summed E-state index contributed by atoms with van der Waals surface area (Å²) < 4.78 is 9.94. The molecule has 160 valence electrons. The van der Waals surface area contributed by atoms with Gasteiger partial charge in [0.25, 0.3) is 11.8 Å². The average Bonchev–Trinajstić information content (AvgIpc) is 3.38. The predicted octanol–water partition coefficient (Wildman–Crippen LogP) is 1.33. The van der Waals surface area contributed by atoms with Crippen LogP contribution < -0.4 is 0 Å². The van der Waals surface area contributed by atoms with E-state index < -0.39 is 25.2 Å². The zero-order valence-electron chi connectivity index (χ0n) is 15.7. The Balaban J connectivity index is 1.38. The highest BCUT2D eigenvalue weighted by Gasteiger charge is 2.26. The number of carbonyl (C=O) groups is 4. The van der Waals surface area contributed by atoms with Gasteiger partial charge in [-0.15, -0.1) is 0 Å². The van der Waals surface area contributed by atoms with Gasteiger partial charge in [0, 0.05) is 38.6 Å². The molecule has 12 heteroatoms. The summed E-state index contributed by atoms with van der Waals surface area (Å²) in [7, 11) is 0. The zero-order valence-corrected chi connectivity index (χ0v) is 17.2. The second-order valence-corrected chi connectivity index (χ2v) is 7.25. The molecule has 0 unspecified atom stereocenters. The molecule has 10 nitrogen and oxygen atoms in total. The van der Waals surface area contributed by atoms with Gasteiger partial charge in [0.2, 0.25) is 0 Å². The Bertz CT molecular complexity index is 872. The lowest BCUT2D eigenvalue weighted by Gasteiger charge is -2.34. The van der Waals surface area contributed by atoms with Crippen molar-refractivity contribution in [2.45, 2.75) is 0 Å². The molecule has 2 N–H and O–H groups in total. The van der Waals surface area contributed by atoms with Crippen LogP contribution in [0.5, 0.6) is 0 Å². The third-order valence-electron chi connectivity index (χ3n) is 4.37. The SMILES string of the molecule is O=C(OCC(=O)N1CCN(C(=O)COC(=O)c2cc(Cl)c[nH]2)CC1)c1cc(Cl)c[nH]1. The molecule has 3 heterocycles. The molecule has 1 fully saturated rings. The molecule has 1 aliphatic heterocycles. The third kappa shape index (κ3) is 5.55. The number of carbonyl (C=O) groups excluding carboxylic acids is 4. The molecule has 2 aromatic heterocycles. The first-order valence-electron chi connectivity index (χ1n) is 8.91. The van der Waals surface area contributed by atoms with Crippen LogP contribution >= 0.6 is 23.2 Å². The molecular weight excluding hydrogens is 439 g/mol. The van der Waals surface area contributed by atoms with Crippen LogP contribution in [0.15, 0.2) is 24.5 Å². The van der Waals surface area contributed by atoms with E-state index in [1.54, 1.807) is 0 Å². The minimum absolute atomic E-state index is 0.152. The Labute approximate surface area is 181 Å². The Morgan fingerprint density at radius 2 is 1.13 bits per heavy atom. The number of halogens is 2. The second-order valence-electron chi connectivity index (χ2n) is 6.38. The van der Waals surface area contributed by atoms with Gasteiger partial charge in [-0.1, -0.05) is 23.2 Å². The van der Waals surface area contributed by atoms with Crippen molar-refractivity contribution < 1.29 is 28.7 Å². The van der Waals surface area contributed by atoms with Crippen LogP contribution in [0.4, 0.5) is 0 Å². The smallest absolute Gasteiger partial charge is 0.355 e. The van der Waals surface area contributed by atoms with Gasteiger partial charge < -0.3 is 29.2 Å². The lowest BCUT2D eigenvalue weighted by Crippen LogP contribution is -2.52. The van der Waals surface area contributed by atoms with Gasteiger partial charge in [-0.05, 0) is 12.1 Å². The van der Waals surface area contributed by atoms with E-state index in [1.807, 2.05) is 0 Å². The number of piperazine rings is 1. The van der Waals surface area contributed by atoms with Gasteiger partial charge in [0.15, 0.2) is 13.2 Å². The number of rotatable bonds is 6. The van der Waals surface area contributed by atoms with Crippen molar-refractivity contribution in [1.29, 1.82) is 0 Å². The Morgan fingerprint density at radius 1 is 0.767 bits per heavy atom. The molecule has 0 bridgehead atoms. The summed E-state index contributed by atoms with van der Waals surface area (Å²) in [6.45, 7) is 0.264. The van der Waals surface area contributed by atoms with Gasteiger partial charge in [-0.3, -0.25) is 9.59 Å². The molecule has 30 heavy (non-hydrogen) atoms. The molecular formula is C18H18Cl2N4O6. The molecule has 1 saturated heterocycles. The van der Waals surface area contributed by atoms with Crippen LogP contribution in [0.1, 0.15) is 21.0 Å². The maximum Gasteiger partial charge on any atom is 0.355 e. The first-order chi connectivity index (χ1) is 14.3. The zero-order chi connectivity index (χ0) is 21.7. The summed E-state index contributed by atoms with van der Waals surface area (Å²) in [5.74, 6) is -2.12. The quantitative estimate of drug-likeness (QED) is 0.631. The van der Waals surface area contributed by atoms with Crippen LogP contribution in [0.25, 0.3) is 0 Å². The summed E-state index contributed by atoms with van der Waals surface area (Å²) in [5, 5.41) is 0.716. The Hall–Kier alpha value is -2.98. The summed E-state index contributed by atoms with van der Waals surface area (Å²) in [6, 6.07) is 2.80. The van der Waals surface area contributed by atoms with E-state index in [0.717, 1.165) is 0 Å². The van der Waals surface area contributed by atoms with Gasteiger partial charge in [0.1, 0.15) is 11.4 Å². The van der Waals surface area contributed by atoms with E-state index >= 15 is 0 Å². The van der Waals surface area contributed by atoms with Crippen molar-refractivity contribution in [3.05, 3.63) is 46.0 Å². The number of aromatic amines is 2. The van der Waals surface area contributed by atoms with Gasteiger partial charge in [-0.2, -0.15) is 0 Å². The Morgan fingerprint density at radius 3 is 1.43 bits per heavy atom. The van der Waals surface area contributed by atoms with E-state index in [9.17, 15) is 19.2 Å². The molecule has 0 radical (unpaired) electrons. The van der Waals surface area contributed by atoms with E-state index in [2.05, 4.69) is 9.97 Å². The first-order valence-corrected chi connectivity index (χ1v) is 9.66. The topological polar surface area (TPSA) is 125 Å². The van der Waals surface area contributed by atoms with Crippen LogP contribution in [0.3, 0.4) is 0 Å². The number of hydrogen-bond acceptors (Lipinski definition) is 6. The van der Waals surface area contributed by atoms with Crippen LogP contribution in [0, 0.1) is 0 Å². The number of nitrogens with one attached hydrogen (secondary N) is 2. The number of esters is 2. The van der Waals surface area contributed by atoms with Crippen molar-refractivity contribution in [3.8, 4) is 0 Å². The minimum atomic E-state index is -0.686. The lowest BCUT2D eigenvalue weighted by molar-refractivity contribution is -0.142. The van der Waals surface area contributed by atoms with Crippen molar-refractivity contribution >= 4 is 47.0 Å². The highest BCUT2D eigenvalue weighted by atomic mass is 35.5. The third-order valence-corrected chi connectivity index (χ3v) is 4.81. The van der Waals surface area contributed by atoms with E-state index in [4.69, 9.17) is 32.7 Å². The van der Waals surface area contributed by atoms with E-state index in [-0.39, 0.29) is 49.4 Å². The van der Waals surface area contributed by atoms with Crippen molar-refractivity contribution in [2.24, 2.45) is 0 Å². The standard InChI is InChI=1S/C18H18Cl2N4O6/c19-11-5-13(21-7-11)17(27)29-9-15(25)23-1-2-24(4-3-23)16(26)10-30-18(28)14-6-12(20)8-22-14/h5-8,21-22H,1-4,9-10H2. The number of hydrogen-bond donors (Lipinski definition) is 2. The predicted molar refractivity (Wildman–Crippen MR) is 105 cm³/mol. The fourth-order valence-electron chi connectivity index (χ4n) is 2.77. The maximum atomic E-state index is 12.2. The number of aromatic nitrogens is 2. The number of amides is 2. The number of ether oxygens (including phenoxy) is 2. The minimum Gasteiger partial charge on any atom is -0.451 e. The van der Waals surface area contributed by atoms with E-state index in [0.29, 0.717) is 10.0 Å². The number of H-pyrrole nitrogens is 2. The molecule has 2 amide bonds. The summed E-state index contributed by atoms with van der Waals surface area (Å²) in [4.78, 5) is 56.4. The molecule has 0 saturated carbocycles. The first kappa shape index (κ1) is 21.7. The van der Waals surface area contributed by atoms with Crippen molar-refractivity contribution in [3.63, 3.8) is 0 Å². The lowest BCUT2D eigenvalue weighted by atomic mass is 10.3. The fraction of sp³-hybridized carbons (Fsp3) is 0.333. The average molecular weight is 457 g/mol. The molecule has 0 aromatic carbocycles. The molecule has 0 spiro atoms. The summed E-state index contributed by atoms with van der Waals surface area (Å²) in [6.07, 6.45) is 2.86. The summed E-state index contributed by atoms with van der Waals surface area (Å²) in [5.41, 5.74) is 0.304. The summed E-state index contributed by atoms with van der Waals surface area (Å²) >= 11 is 11.4. The van der Waals surface area contributed by atoms with E-state index in [1.165, 1.54) is 34.3 Å². The van der Waals surface area contributed by atoms with Gasteiger partial charge >= 0.3 is 11.9 Å².